The van der Waals surface area contributed by atoms with Crippen molar-refractivity contribution >= 4 is 17.4 Å². The van der Waals surface area contributed by atoms with E-state index in [4.69, 9.17) is 11.6 Å². The van der Waals surface area contributed by atoms with Gasteiger partial charge in [0.1, 0.15) is 5.82 Å². The number of rotatable bonds is 5. The Hall–Kier alpha value is -1.65. The first-order chi connectivity index (χ1) is 9.17. The summed E-state index contributed by atoms with van der Waals surface area (Å²) in [4.78, 5) is 10.8. The van der Waals surface area contributed by atoms with Gasteiger partial charge in [0.2, 0.25) is 0 Å². The Bertz CT molecular complexity index is 510. The van der Waals surface area contributed by atoms with Crippen LogP contribution in [-0.2, 0) is 13.1 Å². The summed E-state index contributed by atoms with van der Waals surface area (Å²) >= 11 is 5.87. The van der Waals surface area contributed by atoms with Crippen LogP contribution in [0.4, 0.5) is 5.82 Å². The predicted molar refractivity (Wildman–Crippen MR) is 78.2 cm³/mol. The molecule has 1 aromatic heterocycles. The van der Waals surface area contributed by atoms with E-state index in [9.17, 15) is 0 Å². The molecule has 0 amide bonds. The molecular weight excluding hydrogens is 260 g/mol. The van der Waals surface area contributed by atoms with Crippen molar-refractivity contribution in [1.29, 1.82) is 0 Å². The van der Waals surface area contributed by atoms with Gasteiger partial charge in [0.15, 0.2) is 0 Å². The second-order valence-electron chi connectivity index (χ2n) is 4.44. The molecule has 5 heteroatoms. The van der Waals surface area contributed by atoms with Gasteiger partial charge in [-0.25, -0.2) is 4.98 Å². The third-order valence-corrected chi connectivity index (χ3v) is 3.01. The van der Waals surface area contributed by atoms with Crippen molar-refractivity contribution in [2.45, 2.75) is 13.1 Å². The van der Waals surface area contributed by atoms with Gasteiger partial charge in [-0.2, -0.15) is 0 Å². The van der Waals surface area contributed by atoms with Gasteiger partial charge in [-0.3, -0.25) is 9.88 Å². The van der Waals surface area contributed by atoms with E-state index in [2.05, 4.69) is 27.2 Å². The number of aromatic nitrogens is 2. The van der Waals surface area contributed by atoms with Gasteiger partial charge in [-0.05, 0) is 24.7 Å². The van der Waals surface area contributed by atoms with E-state index < -0.39 is 0 Å². The van der Waals surface area contributed by atoms with Gasteiger partial charge in [0.05, 0.1) is 18.1 Å². The Kier molecular flexibility index (Phi) is 4.71. The van der Waals surface area contributed by atoms with Crippen LogP contribution in [0.2, 0.25) is 5.02 Å². The molecule has 0 bridgehead atoms. The Morgan fingerprint density at radius 1 is 1.11 bits per heavy atom. The van der Waals surface area contributed by atoms with Crippen molar-refractivity contribution < 1.29 is 0 Å². The van der Waals surface area contributed by atoms with Gasteiger partial charge in [-0.15, -0.1) is 0 Å². The Labute approximate surface area is 118 Å². The van der Waals surface area contributed by atoms with E-state index in [1.54, 1.807) is 12.4 Å². The minimum absolute atomic E-state index is 0.764. The van der Waals surface area contributed by atoms with Crippen molar-refractivity contribution in [3.8, 4) is 0 Å². The maximum atomic E-state index is 5.87. The Morgan fingerprint density at radius 2 is 1.84 bits per heavy atom. The third kappa shape index (κ3) is 4.19. The molecule has 0 aliphatic heterocycles. The van der Waals surface area contributed by atoms with Gasteiger partial charge in [0, 0.05) is 25.2 Å². The van der Waals surface area contributed by atoms with E-state index in [0.717, 1.165) is 29.6 Å². The molecule has 2 aromatic rings. The number of nitrogens with one attached hydrogen (secondary N) is 1. The van der Waals surface area contributed by atoms with Crippen LogP contribution in [0.3, 0.4) is 0 Å². The van der Waals surface area contributed by atoms with Gasteiger partial charge in [0.25, 0.3) is 0 Å². The molecule has 0 spiro atoms. The monoisotopic (exact) mass is 276 g/mol. The Morgan fingerprint density at radius 3 is 2.42 bits per heavy atom. The molecule has 0 aliphatic rings. The second-order valence-corrected chi connectivity index (χ2v) is 4.88. The lowest BCUT2D eigenvalue weighted by atomic mass is 10.2. The fourth-order valence-electron chi connectivity index (χ4n) is 1.80. The highest BCUT2D eigenvalue weighted by atomic mass is 35.5. The highest BCUT2D eigenvalue weighted by molar-refractivity contribution is 6.30. The lowest BCUT2D eigenvalue weighted by Gasteiger charge is -2.16. The van der Waals surface area contributed by atoms with Gasteiger partial charge >= 0.3 is 0 Å². The van der Waals surface area contributed by atoms with E-state index in [1.807, 2.05) is 31.3 Å². The molecule has 19 heavy (non-hydrogen) atoms. The smallest absolute Gasteiger partial charge is 0.144 e. The maximum Gasteiger partial charge on any atom is 0.144 e. The molecule has 0 saturated carbocycles. The van der Waals surface area contributed by atoms with E-state index in [0.29, 0.717) is 0 Å². The van der Waals surface area contributed by atoms with Crippen molar-refractivity contribution in [3.05, 3.63) is 52.9 Å². The number of anilines is 1. The third-order valence-electron chi connectivity index (χ3n) is 2.76. The van der Waals surface area contributed by atoms with Crippen LogP contribution in [0.5, 0.6) is 0 Å². The lowest BCUT2D eigenvalue weighted by molar-refractivity contribution is 0.314. The summed E-state index contributed by atoms with van der Waals surface area (Å²) < 4.78 is 0. The quantitative estimate of drug-likeness (QED) is 0.912. The summed E-state index contributed by atoms with van der Waals surface area (Å²) in [7, 11) is 3.89. The van der Waals surface area contributed by atoms with Crippen LogP contribution >= 0.6 is 11.6 Å². The fraction of sp³-hybridized carbons (Fsp3) is 0.286. The predicted octanol–water partition coefficient (Wildman–Crippen LogP) is 2.80. The molecule has 0 atom stereocenters. The number of hydrogen-bond donors (Lipinski definition) is 1. The SMILES string of the molecule is CNc1cnc(CN(C)Cc2ccc(Cl)cc2)cn1. The molecule has 0 saturated heterocycles. The van der Waals surface area contributed by atoms with Crippen molar-refractivity contribution in [1.82, 2.24) is 14.9 Å². The molecule has 0 radical (unpaired) electrons. The molecule has 0 aliphatic carbocycles. The zero-order valence-corrected chi connectivity index (χ0v) is 11.9. The molecule has 1 N–H and O–H groups in total. The van der Waals surface area contributed by atoms with Crippen LogP contribution in [-0.4, -0.2) is 29.0 Å². The maximum absolute atomic E-state index is 5.87. The van der Waals surface area contributed by atoms with Crippen molar-refractivity contribution in [3.63, 3.8) is 0 Å². The van der Waals surface area contributed by atoms with Crippen LogP contribution in [0.25, 0.3) is 0 Å². The topological polar surface area (TPSA) is 41.1 Å². The molecule has 100 valence electrons. The second kappa shape index (κ2) is 6.50. The highest BCUT2D eigenvalue weighted by Gasteiger charge is 2.03. The van der Waals surface area contributed by atoms with Crippen LogP contribution < -0.4 is 5.32 Å². The minimum atomic E-state index is 0.764. The summed E-state index contributed by atoms with van der Waals surface area (Å²) in [5.41, 5.74) is 2.18. The number of benzene rings is 1. The zero-order chi connectivity index (χ0) is 13.7. The van der Waals surface area contributed by atoms with Crippen LogP contribution in [0, 0.1) is 0 Å². The average molecular weight is 277 g/mol. The van der Waals surface area contributed by atoms with Crippen LogP contribution in [0.15, 0.2) is 36.7 Å². The minimum Gasteiger partial charge on any atom is -0.372 e. The summed E-state index contributed by atoms with van der Waals surface area (Å²) in [6, 6.07) is 7.89. The standard InChI is InChI=1S/C14H17ClN4/c1-16-14-8-17-13(7-18-14)10-19(2)9-11-3-5-12(15)6-4-11/h3-8H,9-10H2,1-2H3,(H,16,18). The largest absolute Gasteiger partial charge is 0.372 e. The highest BCUT2D eigenvalue weighted by Crippen LogP contribution is 2.12. The first kappa shape index (κ1) is 13.8. The summed E-state index contributed by atoms with van der Waals surface area (Å²) in [5.74, 6) is 0.782. The first-order valence-electron chi connectivity index (χ1n) is 6.09. The molecule has 0 unspecified atom stereocenters. The number of hydrogen-bond acceptors (Lipinski definition) is 4. The van der Waals surface area contributed by atoms with E-state index in [-0.39, 0.29) is 0 Å². The molecule has 1 aromatic carbocycles. The van der Waals surface area contributed by atoms with Crippen molar-refractivity contribution in [2.24, 2.45) is 0 Å². The average Bonchev–Trinajstić information content (AvgIpc) is 2.42. The molecular formula is C14H17ClN4. The molecule has 2 rings (SSSR count). The van der Waals surface area contributed by atoms with Crippen molar-refractivity contribution in [2.75, 3.05) is 19.4 Å². The Balaban J connectivity index is 1.92. The van der Waals surface area contributed by atoms with E-state index >= 15 is 0 Å². The lowest BCUT2D eigenvalue weighted by Crippen LogP contribution is -2.18. The normalized spacial score (nSPS) is 10.7. The number of halogens is 1. The molecule has 1 heterocycles. The van der Waals surface area contributed by atoms with Crippen LogP contribution in [0.1, 0.15) is 11.3 Å². The fourth-order valence-corrected chi connectivity index (χ4v) is 1.93. The number of nitrogens with zero attached hydrogens (tertiary/aromatic N) is 3. The molecule has 0 fully saturated rings. The summed E-state index contributed by atoms with van der Waals surface area (Å²) in [5, 5.41) is 3.72. The molecule has 4 nitrogen and oxygen atoms in total. The summed E-state index contributed by atoms with van der Waals surface area (Å²) in [6.07, 6.45) is 3.54. The van der Waals surface area contributed by atoms with Gasteiger partial charge < -0.3 is 5.32 Å². The first-order valence-corrected chi connectivity index (χ1v) is 6.47. The summed E-state index contributed by atoms with van der Waals surface area (Å²) in [6.45, 7) is 1.62. The van der Waals surface area contributed by atoms with E-state index in [1.165, 1.54) is 5.56 Å². The zero-order valence-electron chi connectivity index (χ0n) is 11.1. The van der Waals surface area contributed by atoms with Gasteiger partial charge in [-0.1, -0.05) is 23.7 Å².